The van der Waals surface area contributed by atoms with E-state index in [1.807, 2.05) is 12.1 Å². The van der Waals surface area contributed by atoms with E-state index in [0.29, 0.717) is 12.1 Å². The van der Waals surface area contributed by atoms with E-state index >= 15 is 0 Å². The molecule has 0 saturated heterocycles. The third kappa shape index (κ3) is 4.01. The molecule has 0 spiro atoms. The van der Waals surface area contributed by atoms with Crippen LogP contribution in [0.1, 0.15) is 11.1 Å². The lowest BCUT2D eigenvalue weighted by Crippen LogP contribution is -2.16. The zero-order valence-corrected chi connectivity index (χ0v) is 11.0. The fourth-order valence-electron chi connectivity index (χ4n) is 1.54. The summed E-state index contributed by atoms with van der Waals surface area (Å²) in [5, 5.41) is 7.28. The number of sulfonamides is 1. The molecule has 3 N–H and O–H groups in total. The van der Waals surface area contributed by atoms with Crippen molar-refractivity contribution in [2.24, 2.45) is 5.73 Å². The van der Waals surface area contributed by atoms with Crippen LogP contribution in [-0.4, -0.2) is 18.6 Å². The van der Waals surface area contributed by atoms with Crippen LogP contribution in [0.3, 0.4) is 0 Å². The molecule has 0 aliphatic heterocycles. The van der Waals surface area contributed by atoms with Gasteiger partial charge in [-0.25, -0.2) is 8.42 Å². The number of aromatic nitrogens is 2. The number of nitrogens with two attached hydrogens (primary N) is 1. The summed E-state index contributed by atoms with van der Waals surface area (Å²) in [7, 11) is -3.49. The lowest BCUT2D eigenvalue weighted by atomic mass is 10.1. The second-order valence-electron chi connectivity index (χ2n) is 3.99. The van der Waals surface area contributed by atoms with Gasteiger partial charge in [0, 0.05) is 12.7 Å². The Labute approximate surface area is 111 Å². The molecular weight excluding hydrogens is 264 g/mol. The largest absolute Gasteiger partial charge is 0.326 e. The molecule has 1 heterocycles. The highest BCUT2D eigenvalue weighted by atomic mass is 32.2. The topological polar surface area (TPSA) is 98.0 Å². The Morgan fingerprint density at radius 3 is 2.37 bits per heavy atom. The first-order chi connectivity index (χ1) is 9.09. The molecule has 1 aromatic heterocycles. The average molecular weight is 278 g/mol. The standard InChI is InChI=1S/C12H14N4O2S/c13-8-10-3-5-11(6-4-10)9-19(17,18)16-12-2-1-7-14-15-12/h1-7H,8-9,13H2,(H,15,16). The Morgan fingerprint density at radius 1 is 1.11 bits per heavy atom. The molecule has 0 saturated carbocycles. The molecule has 0 atom stereocenters. The lowest BCUT2D eigenvalue weighted by molar-refractivity contribution is 0.600. The summed E-state index contributed by atoms with van der Waals surface area (Å²) in [6.45, 7) is 0.435. The van der Waals surface area contributed by atoms with Gasteiger partial charge in [-0.1, -0.05) is 24.3 Å². The molecule has 19 heavy (non-hydrogen) atoms. The van der Waals surface area contributed by atoms with E-state index in [9.17, 15) is 8.42 Å². The van der Waals surface area contributed by atoms with Crippen molar-refractivity contribution < 1.29 is 8.42 Å². The van der Waals surface area contributed by atoms with Crippen molar-refractivity contribution in [3.63, 3.8) is 0 Å². The predicted octanol–water partition coefficient (Wildman–Crippen LogP) is 0.877. The van der Waals surface area contributed by atoms with Gasteiger partial charge in [-0.2, -0.15) is 5.10 Å². The SMILES string of the molecule is NCc1ccc(CS(=O)(=O)Nc2cccnn2)cc1. The molecule has 7 heteroatoms. The second-order valence-corrected chi connectivity index (χ2v) is 5.71. The number of rotatable bonds is 5. The minimum absolute atomic E-state index is 0.117. The Hall–Kier alpha value is -1.99. The van der Waals surface area contributed by atoms with Gasteiger partial charge < -0.3 is 5.73 Å². The summed E-state index contributed by atoms with van der Waals surface area (Å²) in [6, 6.07) is 10.3. The molecule has 0 bridgehead atoms. The maximum Gasteiger partial charge on any atom is 0.238 e. The number of benzene rings is 1. The summed E-state index contributed by atoms with van der Waals surface area (Å²) in [5.41, 5.74) is 7.13. The zero-order chi connectivity index (χ0) is 13.7. The highest BCUT2D eigenvalue weighted by Crippen LogP contribution is 2.10. The van der Waals surface area contributed by atoms with Crippen molar-refractivity contribution in [1.29, 1.82) is 0 Å². The summed E-state index contributed by atoms with van der Waals surface area (Å²) >= 11 is 0. The highest BCUT2D eigenvalue weighted by molar-refractivity contribution is 7.91. The lowest BCUT2D eigenvalue weighted by Gasteiger charge is -2.07. The Morgan fingerprint density at radius 2 is 1.79 bits per heavy atom. The van der Waals surface area contributed by atoms with Crippen LogP contribution < -0.4 is 10.5 Å². The monoisotopic (exact) mass is 278 g/mol. The fourth-order valence-corrected chi connectivity index (χ4v) is 2.67. The molecule has 0 amide bonds. The average Bonchev–Trinajstić information content (AvgIpc) is 2.39. The first-order valence-corrected chi connectivity index (χ1v) is 7.30. The minimum Gasteiger partial charge on any atom is -0.326 e. The Bertz CT molecular complexity index is 627. The van der Waals surface area contributed by atoms with E-state index in [1.165, 1.54) is 6.20 Å². The third-order valence-electron chi connectivity index (χ3n) is 2.45. The van der Waals surface area contributed by atoms with Crippen LogP contribution in [0.5, 0.6) is 0 Å². The Kier molecular flexibility index (Phi) is 4.08. The molecule has 1 aromatic carbocycles. The molecule has 0 fully saturated rings. The van der Waals surface area contributed by atoms with Crippen LogP contribution in [0.2, 0.25) is 0 Å². The Balaban J connectivity index is 2.08. The van der Waals surface area contributed by atoms with Crippen LogP contribution in [0.15, 0.2) is 42.6 Å². The number of nitrogens with one attached hydrogen (secondary N) is 1. The fraction of sp³-hybridized carbons (Fsp3) is 0.167. The van der Waals surface area contributed by atoms with Crippen molar-refractivity contribution >= 4 is 15.8 Å². The normalized spacial score (nSPS) is 11.2. The van der Waals surface area contributed by atoms with E-state index in [4.69, 9.17) is 5.73 Å². The van der Waals surface area contributed by atoms with Crippen molar-refractivity contribution in [1.82, 2.24) is 10.2 Å². The summed E-state index contributed by atoms with van der Waals surface area (Å²) < 4.78 is 26.2. The minimum atomic E-state index is -3.49. The first-order valence-electron chi connectivity index (χ1n) is 5.65. The van der Waals surface area contributed by atoms with Crippen LogP contribution in [0.4, 0.5) is 5.82 Å². The van der Waals surface area contributed by atoms with Crippen molar-refractivity contribution in [3.05, 3.63) is 53.7 Å². The van der Waals surface area contributed by atoms with Crippen LogP contribution in [0, 0.1) is 0 Å². The summed E-state index contributed by atoms with van der Waals surface area (Å²) in [5.74, 6) is 0.0927. The highest BCUT2D eigenvalue weighted by Gasteiger charge is 2.12. The molecular formula is C12H14N4O2S. The van der Waals surface area contributed by atoms with E-state index < -0.39 is 10.0 Å². The van der Waals surface area contributed by atoms with Gasteiger partial charge >= 0.3 is 0 Å². The zero-order valence-electron chi connectivity index (χ0n) is 10.2. The number of anilines is 1. The number of nitrogens with zero attached hydrogens (tertiary/aromatic N) is 2. The molecule has 0 radical (unpaired) electrons. The van der Waals surface area contributed by atoms with E-state index in [2.05, 4.69) is 14.9 Å². The van der Waals surface area contributed by atoms with Crippen molar-refractivity contribution in [2.45, 2.75) is 12.3 Å². The van der Waals surface area contributed by atoms with Crippen molar-refractivity contribution in [2.75, 3.05) is 4.72 Å². The first kappa shape index (κ1) is 13.4. The van der Waals surface area contributed by atoms with Gasteiger partial charge in [0.05, 0.1) is 5.75 Å². The maximum atomic E-state index is 11.9. The molecule has 100 valence electrons. The molecule has 0 unspecified atom stereocenters. The molecule has 2 rings (SSSR count). The molecule has 6 nitrogen and oxygen atoms in total. The second kappa shape index (κ2) is 5.77. The van der Waals surface area contributed by atoms with Gasteiger partial charge in [-0.3, -0.25) is 4.72 Å². The third-order valence-corrected chi connectivity index (χ3v) is 3.68. The summed E-state index contributed by atoms with van der Waals surface area (Å²) in [4.78, 5) is 0. The van der Waals surface area contributed by atoms with Gasteiger partial charge in [0.2, 0.25) is 10.0 Å². The molecule has 2 aromatic rings. The van der Waals surface area contributed by atoms with E-state index in [1.54, 1.807) is 24.3 Å². The molecule has 0 aliphatic carbocycles. The number of hydrogen-bond donors (Lipinski definition) is 2. The van der Waals surface area contributed by atoms with E-state index in [-0.39, 0.29) is 11.6 Å². The van der Waals surface area contributed by atoms with Gasteiger partial charge in [-0.15, -0.1) is 5.10 Å². The summed E-state index contributed by atoms with van der Waals surface area (Å²) in [6.07, 6.45) is 1.48. The smallest absolute Gasteiger partial charge is 0.238 e. The van der Waals surface area contributed by atoms with Crippen molar-refractivity contribution in [3.8, 4) is 0 Å². The van der Waals surface area contributed by atoms with E-state index in [0.717, 1.165) is 5.56 Å². The van der Waals surface area contributed by atoms with Crippen LogP contribution >= 0.6 is 0 Å². The van der Waals surface area contributed by atoms with Crippen LogP contribution in [-0.2, 0) is 22.3 Å². The van der Waals surface area contributed by atoms with Crippen LogP contribution in [0.25, 0.3) is 0 Å². The predicted molar refractivity (Wildman–Crippen MR) is 72.6 cm³/mol. The van der Waals surface area contributed by atoms with Gasteiger partial charge in [0.1, 0.15) is 0 Å². The number of hydrogen-bond acceptors (Lipinski definition) is 5. The molecule has 0 aliphatic rings. The van der Waals surface area contributed by atoms with Gasteiger partial charge in [0.15, 0.2) is 5.82 Å². The quantitative estimate of drug-likeness (QED) is 0.846. The van der Waals surface area contributed by atoms with Gasteiger partial charge in [0.25, 0.3) is 0 Å². The van der Waals surface area contributed by atoms with Gasteiger partial charge in [-0.05, 0) is 23.3 Å². The maximum absolute atomic E-state index is 11.9.